The van der Waals surface area contributed by atoms with Gasteiger partial charge in [-0.25, -0.2) is 4.39 Å². The van der Waals surface area contributed by atoms with Gasteiger partial charge in [0.15, 0.2) is 0 Å². The second-order valence-corrected chi connectivity index (χ2v) is 8.08. The zero-order valence-electron chi connectivity index (χ0n) is 16.2. The fourth-order valence-electron chi connectivity index (χ4n) is 2.84. The van der Waals surface area contributed by atoms with E-state index in [9.17, 15) is 9.18 Å². The molecule has 2 atom stereocenters. The van der Waals surface area contributed by atoms with Gasteiger partial charge in [0.05, 0.1) is 11.3 Å². The Hall–Kier alpha value is -2.67. The highest BCUT2D eigenvalue weighted by atomic mass is 32.2. The molecule has 0 fully saturated rings. The van der Waals surface area contributed by atoms with E-state index < -0.39 is 5.25 Å². The number of rotatable bonds is 6. The molecule has 7 heteroatoms. The molecule has 0 unspecified atom stereocenters. The van der Waals surface area contributed by atoms with Crippen molar-refractivity contribution in [1.82, 2.24) is 15.5 Å². The second kappa shape index (κ2) is 8.56. The van der Waals surface area contributed by atoms with E-state index in [1.807, 2.05) is 32.9 Å². The molecule has 0 radical (unpaired) electrons. The number of hydrogen-bond acceptors (Lipinski definition) is 5. The van der Waals surface area contributed by atoms with Crippen LogP contribution in [0.5, 0.6) is 0 Å². The van der Waals surface area contributed by atoms with Gasteiger partial charge in [-0.15, -0.1) is 10.2 Å². The molecule has 0 spiro atoms. The van der Waals surface area contributed by atoms with E-state index in [-0.39, 0.29) is 17.8 Å². The van der Waals surface area contributed by atoms with Crippen molar-refractivity contribution in [3.63, 3.8) is 0 Å². The van der Waals surface area contributed by atoms with Crippen LogP contribution in [0.4, 0.5) is 4.39 Å². The summed E-state index contributed by atoms with van der Waals surface area (Å²) in [6, 6.07) is 11.9. The predicted octanol–water partition coefficient (Wildman–Crippen LogP) is 4.85. The van der Waals surface area contributed by atoms with Crippen molar-refractivity contribution in [2.45, 2.75) is 44.2 Å². The SMILES string of the molecule is Cc1cc(C)cc(-c2nnc(S[C@@H](C)C(=O)N[C@H](C)c3ccc(F)cc3)o2)c1. The maximum absolute atomic E-state index is 13.0. The van der Waals surface area contributed by atoms with E-state index in [1.165, 1.54) is 23.9 Å². The van der Waals surface area contributed by atoms with Crippen molar-refractivity contribution in [2.75, 3.05) is 0 Å². The highest BCUT2D eigenvalue weighted by Crippen LogP contribution is 2.27. The zero-order valence-corrected chi connectivity index (χ0v) is 17.0. The molecule has 5 nitrogen and oxygen atoms in total. The summed E-state index contributed by atoms with van der Waals surface area (Å²) >= 11 is 1.20. The number of nitrogens with one attached hydrogen (secondary N) is 1. The van der Waals surface area contributed by atoms with E-state index >= 15 is 0 Å². The molecule has 0 saturated carbocycles. The van der Waals surface area contributed by atoms with Crippen LogP contribution >= 0.6 is 11.8 Å². The monoisotopic (exact) mass is 399 g/mol. The standard InChI is InChI=1S/C21H22FN3O2S/c1-12-9-13(2)11-17(10-12)20-24-25-21(27-20)28-15(4)19(26)23-14(3)16-5-7-18(22)8-6-16/h5-11,14-15H,1-4H3,(H,23,26)/t14-,15+/m1/s1. The number of hydrogen-bond donors (Lipinski definition) is 1. The molecule has 0 aliphatic rings. The van der Waals surface area contributed by atoms with E-state index in [0.29, 0.717) is 11.1 Å². The van der Waals surface area contributed by atoms with Crippen molar-refractivity contribution in [3.05, 3.63) is 65.0 Å². The first-order valence-electron chi connectivity index (χ1n) is 8.96. The molecule has 0 saturated heterocycles. The van der Waals surface area contributed by atoms with Gasteiger partial charge in [-0.05, 0) is 57.5 Å². The fourth-order valence-corrected chi connectivity index (χ4v) is 3.54. The lowest BCUT2D eigenvalue weighted by Gasteiger charge is -2.16. The summed E-state index contributed by atoms with van der Waals surface area (Å²) in [5.74, 6) is -0.0308. The minimum Gasteiger partial charge on any atom is -0.411 e. The Morgan fingerprint density at radius 3 is 2.36 bits per heavy atom. The summed E-state index contributed by atoms with van der Waals surface area (Å²) in [6.45, 7) is 7.65. The highest BCUT2D eigenvalue weighted by Gasteiger charge is 2.20. The van der Waals surface area contributed by atoms with E-state index in [2.05, 4.69) is 21.6 Å². The van der Waals surface area contributed by atoms with Crippen molar-refractivity contribution in [2.24, 2.45) is 0 Å². The lowest BCUT2D eigenvalue weighted by Crippen LogP contribution is -2.33. The van der Waals surface area contributed by atoms with Crippen molar-refractivity contribution in [1.29, 1.82) is 0 Å². The number of carbonyl (C=O) groups is 1. The molecular weight excluding hydrogens is 377 g/mol. The average molecular weight is 399 g/mol. The van der Waals surface area contributed by atoms with Gasteiger partial charge in [-0.1, -0.05) is 41.1 Å². The number of aromatic nitrogens is 2. The number of thioether (sulfide) groups is 1. The molecule has 1 amide bonds. The summed E-state index contributed by atoms with van der Waals surface area (Å²) in [5.41, 5.74) is 3.93. The lowest BCUT2D eigenvalue weighted by molar-refractivity contribution is -0.120. The molecule has 1 heterocycles. The highest BCUT2D eigenvalue weighted by molar-refractivity contribution is 8.00. The van der Waals surface area contributed by atoms with Crippen LogP contribution in [0.3, 0.4) is 0 Å². The van der Waals surface area contributed by atoms with Gasteiger partial charge < -0.3 is 9.73 Å². The largest absolute Gasteiger partial charge is 0.411 e. The van der Waals surface area contributed by atoms with E-state index in [1.54, 1.807) is 19.1 Å². The molecule has 28 heavy (non-hydrogen) atoms. The Balaban J connectivity index is 1.62. The quantitative estimate of drug-likeness (QED) is 0.600. The van der Waals surface area contributed by atoms with Crippen LogP contribution in [0.25, 0.3) is 11.5 Å². The predicted molar refractivity (Wildman–Crippen MR) is 107 cm³/mol. The Bertz CT molecular complexity index is 952. The minimum absolute atomic E-state index is 0.159. The Morgan fingerprint density at radius 2 is 1.71 bits per heavy atom. The van der Waals surface area contributed by atoms with Crippen molar-refractivity contribution >= 4 is 17.7 Å². The maximum Gasteiger partial charge on any atom is 0.277 e. The van der Waals surface area contributed by atoms with Crippen LogP contribution < -0.4 is 5.32 Å². The smallest absolute Gasteiger partial charge is 0.277 e. The number of carbonyl (C=O) groups excluding carboxylic acids is 1. The molecule has 1 N–H and O–H groups in total. The second-order valence-electron chi connectivity index (χ2n) is 6.79. The average Bonchev–Trinajstić information content (AvgIpc) is 3.10. The number of nitrogens with zero attached hydrogens (tertiary/aromatic N) is 2. The Morgan fingerprint density at radius 1 is 1.07 bits per heavy atom. The van der Waals surface area contributed by atoms with E-state index in [4.69, 9.17) is 4.42 Å². The first kappa shape index (κ1) is 20.1. The van der Waals surface area contributed by atoms with Gasteiger partial charge in [0, 0.05) is 5.56 Å². The molecule has 146 valence electrons. The van der Waals surface area contributed by atoms with Gasteiger partial charge in [-0.2, -0.15) is 0 Å². The van der Waals surface area contributed by atoms with Crippen LogP contribution in [0.2, 0.25) is 0 Å². The number of benzene rings is 2. The number of halogens is 1. The summed E-state index contributed by atoms with van der Waals surface area (Å²) in [6.07, 6.45) is 0. The summed E-state index contributed by atoms with van der Waals surface area (Å²) in [4.78, 5) is 12.5. The third-order valence-electron chi connectivity index (χ3n) is 4.25. The number of amides is 1. The molecule has 1 aromatic heterocycles. The zero-order chi connectivity index (χ0) is 20.3. The van der Waals surface area contributed by atoms with Crippen LogP contribution in [-0.4, -0.2) is 21.4 Å². The molecule has 3 rings (SSSR count). The number of aryl methyl sites for hydroxylation is 2. The molecular formula is C21H22FN3O2S. The molecule has 0 aliphatic heterocycles. The van der Waals surface area contributed by atoms with Crippen LogP contribution in [0.15, 0.2) is 52.1 Å². The summed E-state index contributed by atoms with van der Waals surface area (Å²) in [5, 5.41) is 11.0. The molecule has 0 bridgehead atoms. The Kier molecular flexibility index (Phi) is 6.14. The molecule has 0 aliphatic carbocycles. The molecule has 3 aromatic rings. The lowest BCUT2D eigenvalue weighted by atomic mass is 10.1. The summed E-state index contributed by atoms with van der Waals surface area (Å²) < 4.78 is 18.8. The normalized spacial score (nSPS) is 13.2. The van der Waals surface area contributed by atoms with Crippen LogP contribution in [-0.2, 0) is 4.79 Å². The third kappa shape index (κ3) is 4.98. The van der Waals surface area contributed by atoms with Crippen molar-refractivity contribution in [3.8, 4) is 11.5 Å². The van der Waals surface area contributed by atoms with Gasteiger partial charge in [0.2, 0.25) is 11.8 Å². The first-order valence-corrected chi connectivity index (χ1v) is 9.84. The third-order valence-corrected chi connectivity index (χ3v) is 5.18. The molecule has 2 aromatic carbocycles. The minimum atomic E-state index is -0.421. The van der Waals surface area contributed by atoms with Gasteiger partial charge >= 0.3 is 0 Å². The first-order chi connectivity index (χ1) is 13.3. The maximum atomic E-state index is 13.0. The van der Waals surface area contributed by atoms with Gasteiger partial charge in [-0.3, -0.25) is 4.79 Å². The van der Waals surface area contributed by atoms with E-state index in [0.717, 1.165) is 22.3 Å². The topological polar surface area (TPSA) is 68.0 Å². The van der Waals surface area contributed by atoms with Crippen LogP contribution in [0.1, 0.15) is 36.6 Å². The van der Waals surface area contributed by atoms with Crippen molar-refractivity contribution < 1.29 is 13.6 Å². The summed E-state index contributed by atoms with van der Waals surface area (Å²) in [7, 11) is 0. The Labute approximate surface area is 167 Å². The fraction of sp³-hybridized carbons (Fsp3) is 0.286. The van der Waals surface area contributed by atoms with Crippen LogP contribution in [0, 0.1) is 19.7 Å². The van der Waals surface area contributed by atoms with Gasteiger partial charge in [0.25, 0.3) is 5.22 Å². The van der Waals surface area contributed by atoms with Gasteiger partial charge in [0.1, 0.15) is 5.82 Å².